The molecular formula is C20H30O3. The van der Waals surface area contributed by atoms with E-state index in [0.29, 0.717) is 35.6 Å². The van der Waals surface area contributed by atoms with Crippen LogP contribution in [0.3, 0.4) is 0 Å². The third-order valence-electron chi connectivity index (χ3n) is 8.30. The molecule has 3 nitrogen and oxygen atoms in total. The van der Waals surface area contributed by atoms with Crippen LogP contribution in [0.2, 0.25) is 0 Å². The van der Waals surface area contributed by atoms with Crippen LogP contribution >= 0.6 is 0 Å². The van der Waals surface area contributed by atoms with Gasteiger partial charge in [-0.15, -0.1) is 0 Å². The summed E-state index contributed by atoms with van der Waals surface area (Å²) in [6, 6.07) is 0. The fourth-order valence-corrected chi connectivity index (χ4v) is 7.05. The summed E-state index contributed by atoms with van der Waals surface area (Å²) in [6.45, 7) is 0. The minimum absolute atomic E-state index is 0.314. The molecule has 8 atom stereocenters. The first kappa shape index (κ1) is 14.1. The molecule has 6 rings (SSSR count). The minimum Gasteiger partial charge on any atom is -0.375 e. The van der Waals surface area contributed by atoms with Crippen molar-refractivity contribution in [2.75, 3.05) is 0 Å². The van der Waals surface area contributed by atoms with Gasteiger partial charge < -0.3 is 14.2 Å². The molecule has 2 heterocycles. The molecule has 128 valence electrons. The SMILES string of the molecule is C1CC2OC2(C2CCC(OC3CCC(C45CCCC4O5)C3)C2)C1. The second-order valence-electron chi connectivity index (χ2n) is 9.31. The Morgan fingerprint density at radius 2 is 1.17 bits per heavy atom. The molecule has 6 aliphatic rings. The van der Waals surface area contributed by atoms with E-state index >= 15 is 0 Å². The lowest BCUT2D eigenvalue weighted by molar-refractivity contribution is -0.0120. The van der Waals surface area contributed by atoms with Gasteiger partial charge in [-0.3, -0.25) is 0 Å². The molecule has 4 aliphatic carbocycles. The Bertz CT molecular complexity index is 463. The molecule has 0 aromatic carbocycles. The summed E-state index contributed by atoms with van der Waals surface area (Å²) in [6.07, 6.45) is 18.1. The highest BCUT2D eigenvalue weighted by atomic mass is 16.6. The molecule has 3 heteroatoms. The maximum Gasteiger partial charge on any atom is 0.0977 e. The van der Waals surface area contributed by atoms with Gasteiger partial charge in [-0.1, -0.05) is 0 Å². The van der Waals surface area contributed by atoms with E-state index < -0.39 is 0 Å². The lowest BCUT2D eigenvalue weighted by Gasteiger charge is -2.21. The quantitative estimate of drug-likeness (QED) is 0.735. The Labute approximate surface area is 139 Å². The van der Waals surface area contributed by atoms with Crippen LogP contribution in [0.4, 0.5) is 0 Å². The molecule has 4 saturated carbocycles. The Balaban J connectivity index is 1.04. The van der Waals surface area contributed by atoms with Gasteiger partial charge in [0.25, 0.3) is 0 Å². The second kappa shape index (κ2) is 4.74. The van der Waals surface area contributed by atoms with Crippen LogP contribution in [0.1, 0.15) is 77.0 Å². The zero-order valence-electron chi connectivity index (χ0n) is 14.2. The molecule has 2 saturated heterocycles. The summed E-state index contributed by atoms with van der Waals surface area (Å²) in [5.74, 6) is 1.59. The van der Waals surface area contributed by atoms with E-state index in [1.54, 1.807) is 0 Å². The van der Waals surface area contributed by atoms with Crippen molar-refractivity contribution < 1.29 is 14.2 Å². The molecule has 0 spiro atoms. The van der Waals surface area contributed by atoms with Gasteiger partial charge >= 0.3 is 0 Å². The average Bonchev–Trinajstić information content (AvgIpc) is 3.13. The highest BCUT2D eigenvalue weighted by Gasteiger charge is 2.65. The number of ether oxygens (including phenoxy) is 3. The number of fused-ring (bicyclic) bond motifs is 2. The largest absolute Gasteiger partial charge is 0.375 e. The van der Waals surface area contributed by atoms with Gasteiger partial charge in [0.1, 0.15) is 0 Å². The number of hydrogen-bond donors (Lipinski definition) is 0. The van der Waals surface area contributed by atoms with Gasteiger partial charge in [0.15, 0.2) is 0 Å². The van der Waals surface area contributed by atoms with E-state index in [4.69, 9.17) is 14.2 Å². The molecule has 2 aliphatic heterocycles. The molecule has 23 heavy (non-hydrogen) atoms. The minimum atomic E-state index is 0.314. The van der Waals surface area contributed by atoms with Gasteiger partial charge in [-0.05, 0) is 88.9 Å². The molecule has 8 unspecified atom stereocenters. The van der Waals surface area contributed by atoms with Crippen molar-refractivity contribution in [3.8, 4) is 0 Å². The van der Waals surface area contributed by atoms with Crippen LogP contribution in [0.15, 0.2) is 0 Å². The third-order valence-corrected chi connectivity index (χ3v) is 8.30. The average molecular weight is 318 g/mol. The van der Waals surface area contributed by atoms with Crippen LogP contribution in [-0.2, 0) is 14.2 Å². The van der Waals surface area contributed by atoms with E-state index in [2.05, 4.69) is 0 Å². The molecular weight excluding hydrogens is 288 g/mol. The van der Waals surface area contributed by atoms with Crippen LogP contribution in [-0.4, -0.2) is 35.6 Å². The molecule has 0 aromatic rings. The summed E-state index contributed by atoms with van der Waals surface area (Å²) in [5, 5.41) is 0. The molecule has 0 radical (unpaired) electrons. The van der Waals surface area contributed by atoms with Crippen LogP contribution < -0.4 is 0 Å². The standard InChI is InChI=1S/C20H30O3/c1-3-17-19(9-1,22-17)13-5-7-15(11-13)21-16-8-6-14(12-16)20-10-2-4-18(20)23-20/h13-18H,1-12H2. The third kappa shape index (κ3) is 1.99. The van der Waals surface area contributed by atoms with Gasteiger partial charge in [0, 0.05) is 0 Å². The number of epoxide rings is 2. The van der Waals surface area contributed by atoms with Gasteiger partial charge in [0.2, 0.25) is 0 Å². The van der Waals surface area contributed by atoms with E-state index in [1.165, 1.54) is 77.0 Å². The maximum atomic E-state index is 6.57. The molecule has 0 aromatic heterocycles. The number of hydrogen-bond acceptors (Lipinski definition) is 3. The van der Waals surface area contributed by atoms with Crippen molar-refractivity contribution in [3.63, 3.8) is 0 Å². The van der Waals surface area contributed by atoms with E-state index in [9.17, 15) is 0 Å². The zero-order chi connectivity index (χ0) is 15.1. The highest BCUT2D eigenvalue weighted by Crippen LogP contribution is 2.60. The maximum absolute atomic E-state index is 6.57. The monoisotopic (exact) mass is 318 g/mol. The summed E-state index contributed by atoms with van der Waals surface area (Å²) < 4.78 is 18.7. The van der Waals surface area contributed by atoms with Crippen LogP contribution in [0.5, 0.6) is 0 Å². The van der Waals surface area contributed by atoms with Crippen LogP contribution in [0.25, 0.3) is 0 Å². The summed E-state index contributed by atoms with van der Waals surface area (Å²) >= 11 is 0. The Kier molecular flexibility index (Phi) is 2.90. The van der Waals surface area contributed by atoms with Gasteiger partial charge in [-0.2, -0.15) is 0 Å². The topological polar surface area (TPSA) is 34.3 Å². The number of rotatable bonds is 4. The van der Waals surface area contributed by atoms with Crippen molar-refractivity contribution in [1.82, 2.24) is 0 Å². The van der Waals surface area contributed by atoms with Crippen molar-refractivity contribution in [3.05, 3.63) is 0 Å². The van der Waals surface area contributed by atoms with E-state index in [0.717, 1.165) is 11.8 Å². The Hall–Kier alpha value is -0.120. The molecule has 0 bridgehead atoms. The van der Waals surface area contributed by atoms with Gasteiger partial charge in [0.05, 0.1) is 35.6 Å². The first-order chi connectivity index (χ1) is 11.3. The lowest BCUT2D eigenvalue weighted by atomic mass is 9.88. The first-order valence-corrected chi connectivity index (χ1v) is 10.3. The zero-order valence-corrected chi connectivity index (χ0v) is 14.2. The van der Waals surface area contributed by atoms with Crippen molar-refractivity contribution in [1.29, 1.82) is 0 Å². The Morgan fingerprint density at radius 1 is 0.652 bits per heavy atom. The fraction of sp³-hybridized carbons (Fsp3) is 1.00. The van der Waals surface area contributed by atoms with E-state index in [-0.39, 0.29) is 0 Å². The van der Waals surface area contributed by atoms with E-state index in [1.807, 2.05) is 0 Å². The van der Waals surface area contributed by atoms with Crippen molar-refractivity contribution >= 4 is 0 Å². The predicted molar refractivity (Wildman–Crippen MR) is 86.3 cm³/mol. The molecule has 6 fully saturated rings. The predicted octanol–water partition coefficient (Wildman–Crippen LogP) is 3.98. The highest BCUT2D eigenvalue weighted by molar-refractivity contribution is 5.14. The summed E-state index contributed by atoms with van der Waals surface area (Å²) in [5.41, 5.74) is 0.627. The molecule has 0 N–H and O–H groups in total. The molecule has 0 amide bonds. The second-order valence-corrected chi connectivity index (χ2v) is 9.31. The van der Waals surface area contributed by atoms with Crippen LogP contribution in [0, 0.1) is 11.8 Å². The first-order valence-electron chi connectivity index (χ1n) is 10.3. The lowest BCUT2D eigenvalue weighted by Crippen LogP contribution is -2.25. The summed E-state index contributed by atoms with van der Waals surface area (Å²) in [4.78, 5) is 0. The van der Waals surface area contributed by atoms with Gasteiger partial charge in [-0.25, -0.2) is 0 Å². The smallest absolute Gasteiger partial charge is 0.0977 e. The van der Waals surface area contributed by atoms with Crippen molar-refractivity contribution in [2.45, 2.75) is 113 Å². The Morgan fingerprint density at radius 3 is 1.57 bits per heavy atom. The van der Waals surface area contributed by atoms with Crippen molar-refractivity contribution in [2.24, 2.45) is 11.8 Å². The summed E-state index contributed by atoms with van der Waals surface area (Å²) in [7, 11) is 0. The fourth-order valence-electron chi connectivity index (χ4n) is 7.05. The normalized spacial score (nSPS) is 60.0.